The van der Waals surface area contributed by atoms with E-state index in [2.05, 4.69) is 37.5 Å². The summed E-state index contributed by atoms with van der Waals surface area (Å²) in [5.41, 5.74) is 0.358. The van der Waals surface area contributed by atoms with Crippen LogP contribution >= 0.6 is 0 Å². The molecule has 106 valence electrons. The number of fused-ring (bicyclic) bond motifs is 1. The highest BCUT2D eigenvalue weighted by Crippen LogP contribution is 2.33. The minimum absolute atomic E-state index is 0.358. The van der Waals surface area contributed by atoms with Crippen molar-refractivity contribution in [3.8, 4) is 0 Å². The van der Waals surface area contributed by atoms with Crippen LogP contribution in [0, 0.1) is 11.8 Å². The van der Waals surface area contributed by atoms with Gasteiger partial charge < -0.3 is 4.90 Å². The number of piperidine rings is 2. The van der Waals surface area contributed by atoms with Crippen molar-refractivity contribution in [3.63, 3.8) is 0 Å². The maximum atomic E-state index is 2.72. The molecule has 0 spiro atoms. The molecule has 2 aliphatic rings. The van der Waals surface area contributed by atoms with Gasteiger partial charge in [-0.2, -0.15) is 0 Å². The average molecular weight is 252 g/mol. The van der Waals surface area contributed by atoms with Gasteiger partial charge in [0.2, 0.25) is 0 Å². The van der Waals surface area contributed by atoms with Crippen molar-refractivity contribution in [2.45, 2.75) is 58.9 Å². The van der Waals surface area contributed by atoms with Crippen LogP contribution in [0.2, 0.25) is 0 Å². The molecule has 0 N–H and O–H groups in total. The second-order valence-corrected chi connectivity index (χ2v) is 7.37. The summed E-state index contributed by atoms with van der Waals surface area (Å²) in [6.07, 6.45) is 5.59. The Morgan fingerprint density at radius 1 is 1.00 bits per heavy atom. The van der Waals surface area contributed by atoms with E-state index in [-0.39, 0.29) is 0 Å². The Hall–Kier alpha value is -0.0800. The third kappa shape index (κ3) is 3.48. The smallest absolute Gasteiger partial charge is 0.0125 e. The lowest BCUT2D eigenvalue weighted by molar-refractivity contribution is 0.00310. The van der Waals surface area contributed by atoms with E-state index in [0.29, 0.717) is 5.54 Å². The van der Waals surface area contributed by atoms with Gasteiger partial charge in [-0.1, -0.05) is 13.3 Å². The molecule has 2 aliphatic heterocycles. The van der Waals surface area contributed by atoms with Gasteiger partial charge >= 0.3 is 0 Å². The molecule has 0 aromatic carbocycles. The highest BCUT2D eigenvalue weighted by atomic mass is 15.2. The molecule has 2 atom stereocenters. The van der Waals surface area contributed by atoms with Crippen LogP contribution in [0.4, 0.5) is 0 Å². The van der Waals surface area contributed by atoms with Gasteiger partial charge in [-0.25, -0.2) is 0 Å². The first kappa shape index (κ1) is 14.3. The Bertz CT molecular complexity index is 256. The monoisotopic (exact) mass is 252 g/mol. The van der Waals surface area contributed by atoms with Gasteiger partial charge in [-0.15, -0.1) is 0 Å². The van der Waals surface area contributed by atoms with E-state index in [1.54, 1.807) is 0 Å². The summed E-state index contributed by atoms with van der Waals surface area (Å²) in [4.78, 5) is 5.42. The van der Waals surface area contributed by atoms with Crippen molar-refractivity contribution in [3.05, 3.63) is 0 Å². The first-order valence-electron chi connectivity index (χ1n) is 7.98. The summed E-state index contributed by atoms with van der Waals surface area (Å²) in [6.45, 7) is 16.1. The summed E-state index contributed by atoms with van der Waals surface area (Å²) in [5, 5.41) is 0. The van der Waals surface area contributed by atoms with Gasteiger partial charge in [0.15, 0.2) is 0 Å². The average Bonchev–Trinajstić information content (AvgIpc) is 2.34. The minimum atomic E-state index is 0.358. The van der Waals surface area contributed by atoms with E-state index in [9.17, 15) is 0 Å². The fraction of sp³-hybridized carbons (Fsp3) is 1.00. The zero-order chi connectivity index (χ0) is 13.2. The number of hydrogen-bond acceptors (Lipinski definition) is 2. The number of rotatable bonds is 3. The lowest BCUT2D eigenvalue weighted by atomic mass is 9.79. The molecule has 0 radical (unpaired) electrons. The predicted octanol–water partition coefficient (Wildman–Crippen LogP) is 3.23. The SMILES string of the molecule is CCCCN1CCC2CCN(C(C)(C)C)CC2C1. The summed E-state index contributed by atoms with van der Waals surface area (Å²) in [7, 11) is 0. The summed E-state index contributed by atoms with van der Waals surface area (Å²) in [5.74, 6) is 1.95. The van der Waals surface area contributed by atoms with Crippen LogP contribution in [-0.4, -0.2) is 48.1 Å². The standard InChI is InChI=1S/C16H32N2/c1-5-6-9-17-10-7-14-8-11-18(16(2,3)4)13-15(14)12-17/h14-15H,5-13H2,1-4H3. The molecule has 0 saturated carbocycles. The van der Waals surface area contributed by atoms with Gasteiger partial charge in [0, 0.05) is 18.6 Å². The molecule has 0 bridgehead atoms. The van der Waals surface area contributed by atoms with Gasteiger partial charge in [0.25, 0.3) is 0 Å². The van der Waals surface area contributed by atoms with Gasteiger partial charge in [0.1, 0.15) is 0 Å². The van der Waals surface area contributed by atoms with E-state index in [1.807, 2.05) is 0 Å². The van der Waals surface area contributed by atoms with Crippen LogP contribution < -0.4 is 0 Å². The van der Waals surface area contributed by atoms with Crippen molar-refractivity contribution < 1.29 is 0 Å². The van der Waals surface area contributed by atoms with E-state index >= 15 is 0 Å². The van der Waals surface area contributed by atoms with Crippen molar-refractivity contribution in [1.82, 2.24) is 9.80 Å². The molecule has 2 unspecified atom stereocenters. The molecule has 0 aromatic rings. The van der Waals surface area contributed by atoms with Crippen LogP contribution in [-0.2, 0) is 0 Å². The van der Waals surface area contributed by atoms with E-state index in [1.165, 1.54) is 58.4 Å². The molecular formula is C16H32N2. The van der Waals surface area contributed by atoms with Gasteiger partial charge in [-0.05, 0) is 71.5 Å². The van der Waals surface area contributed by atoms with Crippen LogP contribution in [0.5, 0.6) is 0 Å². The molecule has 2 nitrogen and oxygen atoms in total. The minimum Gasteiger partial charge on any atom is -0.303 e. The van der Waals surface area contributed by atoms with Gasteiger partial charge in [-0.3, -0.25) is 4.90 Å². The maximum absolute atomic E-state index is 2.72. The van der Waals surface area contributed by atoms with Crippen LogP contribution in [0.1, 0.15) is 53.4 Å². The fourth-order valence-corrected chi connectivity index (χ4v) is 3.63. The van der Waals surface area contributed by atoms with Crippen molar-refractivity contribution in [2.75, 3.05) is 32.7 Å². The Labute approximate surface area is 114 Å². The van der Waals surface area contributed by atoms with E-state index in [0.717, 1.165) is 11.8 Å². The van der Waals surface area contributed by atoms with E-state index < -0.39 is 0 Å². The van der Waals surface area contributed by atoms with Crippen molar-refractivity contribution in [1.29, 1.82) is 0 Å². The lowest BCUT2D eigenvalue weighted by Crippen LogP contribution is -2.54. The van der Waals surface area contributed by atoms with Gasteiger partial charge in [0.05, 0.1) is 0 Å². The van der Waals surface area contributed by atoms with Crippen LogP contribution in [0.15, 0.2) is 0 Å². The highest BCUT2D eigenvalue weighted by Gasteiger charge is 2.36. The lowest BCUT2D eigenvalue weighted by Gasteiger charge is -2.49. The summed E-state index contributed by atoms with van der Waals surface area (Å²) in [6, 6.07) is 0. The second kappa shape index (κ2) is 5.92. The normalized spacial score (nSPS) is 31.3. The Balaban J connectivity index is 1.88. The Kier molecular flexibility index (Phi) is 4.71. The quantitative estimate of drug-likeness (QED) is 0.761. The van der Waals surface area contributed by atoms with Crippen molar-refractivity contribution in [2.24, 2.45) is 11.8 Å². The van der Waals surface area contributed by atoms with Crippen LogP contribution in [0.3, 0.4) is 0 Å². The maximum Gasteiger partial charge on any atom is 0.0125 e. The molecule has 0 aliphatic carbocycles. The van der Waals surface area contributed by atoms with Crippen molar-refractivity contribution >= 4 is 0 Å². The third-order valence-electron chi connectivity index (χ3n) is 4.98. The molecular weight excluding hydrogens is 220 g/mol. The third-order valence-corrected chi connectivity index (χ3v) is 4.98. The number of unbranched alkanes of at least 4 members (excludes halogenated alkanes) is 1. The fourth-order valence-electron chi connectivity index (χ4n) is 3.63. The molecule has 2 fully saturated rings. The second-order valence-electron chi connectivity index (χ2n) is 7.37. The summed E-state index contributed by atoms with van der Waals surface area (Å²) < 4.78 is 0. The topological polar surface area (TPSA) is 6.48 Å². The largest absolute Gasteiger partial charge is 0.303 e. The zero-order valence-electron chi connectivity index (χ0n) is 12.9. The Morgan fingerprint density at radius 3 is 2.39 bits per heavy atom. The highest BCUT2D eigenvalue weighted by molar-refractivity contribution is 4.90. The van der Waals surface area contributed by atoms with Crippen LogP contribution in [0.25, 0.3) is 0 Å². The Morgan fingerprint density at radius 2 is 1.72 bits per heavy atom. The molecule has 0 aromatic heterocycles. The molecule has 2 rings (SSSR count). The molecule has 2 heterocycles. The number of hydrogen-bond donors (Lipinski definition) is 0. The van der Waals surface area contributed by atoms with E-state index in [4.69, 9.17) is 0 Å². The predicted molar refractivity (Wildman–Crippen MR) is 78.9 cm³/mol. The first-order chi connectivity index (χ1) is 8.50. The first-order valence-corrected chi connectivity index (χ1v) is 7.98. The number of nitrogens with zero attached hydrogens (tertiary/aromatic N) is 2. The molecule has 2 saturated heterocycles. The number of likely N-dealkylation sites (tertiary alicyclic amines) is 2. The molecule has 2 heteroatoms. The molecule has 18 heavy (non-hydrogen) atoms. The zero-order valence-corrected chi connectivity index (χ0v) is 12.9. The summed E-state index contributed by atoms with van der Waals surface area (Å²) >= 11 is 0. The molecule has 0 amide bonds.